The van der Waals surface area contributed by atoms with Crippen LogP contribution in [0.2, 0.25) is 0 Å². The van der Waals surface area contributed by atoms with Crippen molar-refractivity contribution in [2.24, 2.45) is 0 Å². The number of carboxylic acid groups (broad SMARTS) is 1. The molecule has 0 radical (unpaired) electrons. The van der Waals surface area contributed by atoms with Crippen LogP contribution in [0.1, 0.15) is 27.2 Å². The van der Waals surface area contributed by atoms with Crippen LogP contribution < -0.4 is 10.2 Å². The molecule has 1 aliphatic rings. The smallest absolute Gasteiger partial charge is 0.335 e. The van der Waals surface area contributed by atoms with Crippen LogP contribution in [-0.2, 0) is 9.59 Å². The number of carboxylic acids is 1. The first-order valence-electron chi connectivity index (χ1n) is 9.76. The van der Waals surface area contributed by atoms with E-state index in [1.165, 1.54) is 35.2 Å². The molecular weight excluding hydrogens is 426 g/mol. The Morgan fingerprint density at radius 1 is 1.06 bits per heavy atom. The Labute approximate surface area is 189 Å². The summed E-state index contributed by atoms with van der Waals surface area (Å²) in [7, 11) is 0. The van der Waals surface area contributed by atoms with Crippen molar-refractivity contribution in [1.29, 1.82) is 0 Å². The second kappa shape index (κ2) is 8.24. The minimum absolute atomic E-state index is 0.0648. The van der Waals surface area contributed by atoms with E-state index in [4.69, 9.17) is 17.3 Å². The fourth-order valence-electron chi connectivity index (χ4n) is 3.60. The van der Waals surface area contributed by atoms with E-state index >= 15 is 0 Å². The molecule has 1 aromatic heterocycles. The molecule has 4 rings (SSSR count). The Bertz CT molecular complexity index is 1310. The SMILES string of the molecule is Cc1ccc(-n2cccc2/C=C2\C(=O)NC(=S)N(c3ccc(C(=O)O)cc3)C2=O)c(C)c1. The average Bonchev–Trinajstić information content (AvgIpc) is 3.19. The highest BCUT2D eigenvalue weighted by molar-refractivity contribution is 7.80. The number of amides is 2. The highest BCUT2D eigenvalue weighted by atomic mass is 32.1. The zero-order valence-corrected chi connectivity index (χ0v) is 18.1. The highest BCUT2D eigenvalue weighted by Crippen LogP contribution is 2.24. The first kappa shape index (κ1) is 21.2. The van der Waals surface area contributed by atoms with Gasteiger partial charge in [-0.3, -0.25) is 19.8 Å². The van der Waals surface area contributed by atoms with E-state index in [2.05, 4.69) is 11.4 Å². The number of anilines is 1. The summed E-state index contributed by atoms with van der Waals surface area (Å²) in [5.74, 6) is -2.26. The zero-order valence-electron chi connectivity index (χ0n) is 17.3. The number of benzene rings is 2. The van der Waals surface area contributed by atoms with Gasteiger partial charge in [0.15, 0.2) is 5.11 Å². The predicted octanol–water partition coefficient (Wildman–Crippen LogP) is 3.62. The number of nitrogens with one attached hydrogen (secondary N) is 1. The number of carbonyl (C=O) groups excluding carboxylic acids is 2. The van der Waals surface area contributed by atoms with E-state index in [1.54, 1.807) is 0 Å². The number of hydrogen-bond acceptors (Lipinski definition) is 4. The summed E-state index contributed by atoms with van der Waals surface area (Å²) in [6.45, 7) is 4.01. The normalized spacial score (nSPS) is 15.2. The summed E-state index contributed by atoms with van der Waals surface area (Å²) in [6.07, 6.45) is 3.39. The van der Waals surface area contributed by atoms with Gasteiger partial charge < -0.3 is 9.67 Å². The molecule has 160 valence electrons. The maximum Gasteiger partial charge on any atom is 0.335 e. The molecule has 2 aromatic carbocycles. The van der Waals surface area contributed by atoms with Crippen molar-refractivity contribution in [2.45, 2.75) is 13.8 Å². The summed E-state index contributed by atoms with van der Waals surface area (Å²) in [5, 5.41) is 11.6. The molecule has 32 heavy (non-hydrogen) atoms. The second-order valence-corrected chi connectivity index (χ2v) is 7.79. The summed E-state index contributed by atoms with van der Waals surface area (Å²) in [6, 6.07) is 15.4. The average molecular weight is 446 g/mol. The van der Waals surface area contributed by atoms with Crippen LogP contribution in [0.4, 0.5) is 5.69 Å². The van der Waals surface area contributed by atoms with Gasteiger partial charge in [-0.2, -0.15) is 0 Å². The molecule has 0 unspecified atom stereocenters. The third-order valence-electron chi connectivity index (χ3n) is 5.16. The van der Waals surface area contributed by atoms with Gasteiger partial charge >= 0.3 is 5.97 Å². The Kier molecular flexibility index (Phi) is 5.46. The van der Waals surface area contributed by atoms with Gasteiger partial charge in [0, 0.05) is 17.6 Å². The Morgan fingerprint density at radius 3 is 2.44 bits per heavy atom. The van der Waals surface area contributed by atoms with E-state index in [9.17, 15) is 14.4 Å². The van der Waals surface area contributed by atoms with Gasteiger partial charge in [-0.25, -0.2) is 4.79 Å². The maximum atomic E-state index is 13.2. The number of rotatable bonds is 4. The van der Waals surface area contributed by atoms with Crippen LogP contribution in [0.25, 0.3) is 11.8 Å². The summed E-state index contributed by atoms with van der Waals surface area (Å²) >= 11 is 5.20. The highest BCUT2D eigenvalue weighted by Gasteiger charge is 2.34. The minimum Gasteiger partial charge on any atom is -0.478 e. The lowest BCUT2D eigenvalue weighted by Crippen LogP contribution is -2.54. The van der Waals surface area contributed by atoms with Gasteiger partial charge in [-0.05, 0) is 80.2 Å². The number of thiocarbonyl (C=S) groups is 1. The molecule has 0 aliphatic carbocycles. The lowest BCUT2D eigenvalue weighted by atomic mass is 10.1. The van der Waals surface area contributed by atoms with Gasteiger partial charge in [0.25, 0.3) is 11.8 Å². The molecular formula is C24H19N3O4S. The van der Waals surface area contributed by atoms with Gasteiger partial charge in [-0.15, -0.1) is 0 Å². The standard InChI is InChI=1S/C24H19N3O4S/c1-14-5-10-20(15(2)12-14)26-11-3-4-18(26)13-19-21(28)25-24(32)27(22(19)29)17-8-6-16(7-9-17)23(30)31/h3-13H,1-2H3,(H,30,31)(H,25,28,32)/b19-13+. The topological polar surface area (TPSA) is 91.6 Å². The van der Waals surface area contributed by atoms with Crippen molar-refractivity contribution in [2.75, 3.05) is 4.90 Å². The van der Waals surface area contributed by atoms with Crippen LogP contribution in [0.3, 0.4) is 0 Å². The first-order chi connectivity index (χ1) is 15.3. The van der Waals surface area contributed by atoms with Crippen molar-refractivity contribution in [3.63, 3.8) is 0 Å². The minimum atomic E-state index is -1.08. The van der Waals surface area contributed by atoms with E-state index in [0.717, 1.165) is 16.8 Å². The predicted molar refractivity (Wildman–Crippen MR) is 125 cm³/mol. The molecule has 2 amide bonds. The quantitative estimate of drug-likeness (QED) is 0.364. The second-order valence-electron chi connectivity index (χ2n) is 7.40. The molecule has 0 bridgehead atoms. The molecule has 1 fully saturated rings. The Morgan fingerprint density at radius 2 is 1.78 bits per heavy atom. The van der Waals surface area contributed by atoms with Gasteiger partial charge in [-0.1, -0.05) is 17.7 Å². The molecule has 8 heteroatoms. The number of aromatic nitrogens is 1. The van der Waals surface area contributed by atoms with E-state index in [0.29, 0.717) is 11.4 Å². The number of carbonyl (C=O) groups is 3. The third-order valence-corrected chi connectivity index (χ3v) is 5.44. The number of aromatic carboxylic acids is 1. The fourth-order valence-corrected chi connectivity index (χ4v) is 3.88. The molecule has 0 spiro atoms. The maximum absolute atomic E-state index is 13.2. The lowest BCUT2D eigenvalue weighted by Gasteiger charge is -2.29. The van der Waals surface area contributed by atoms with Crippen LogP contribution in [-0.4, -0.2) is 32.6 Å². The van der Waals surface area contributed by atoms with Crippen LogP contribution in [0, 0.1) is 13.8 Å². The van der Waals surface area contributed by atoms with E-state index in [-0.39, 0.29) is 16.2 Å². The van der Waals surface area contributed by atoms with Crippen molar-refractivity contribution in [3.05, 3.63) is 88.8 Å². The molecule has 1 saturated heterocycles. The Balaban J connectivity index is 1.73. The van der Waals surface area contributed by atoms with Crippen molar-refractivity contribution < 1.29 is 19.5 Å². The van der Waals surface area contributed by atoms with Gasteiger partial charge in [0.05, 0.1) is 11.3 Å². The van der Waals surface area contributed by atoms with Crippen molar-refractivity contribution in [3.8, 4) is 5.69 Å². The van der Waals surface area contributed by atoms with E-state index in [1.807, 2.05) is 48.9 Å². The Hall–Kier alpha value is -4.04. The van der Waals surface area contributed by atoms with E-state index < -0.39 is 17.8 Å². The summed E-state index contributed by atoms with van der Waals surface area (Å²) in [4.78, 5) is 38.1. The number of hydrogen-bond donors (Lipinski definition) is 2. The van der Waals surface area contributed by atoms with Crippen LogP contribution in [0.5, 0.6) is 0 Å². The summed E-state index contributed by atoms with van der Waals surface area (Å²) in [5.41, 5.74) is 4.15. The molecule has 0 atom stereocenters. The monoisotopic (exact) mass is 445 g/mol. The lowest BCUT2D eigenvalue weighted by molar-refractivity contribution is -0.122. The molecule has 1 aliphatic heterocycles. The van der Waals surface area contributed by atoms with Crippen molar-refractivity contribution in [1.82, 2.24) is 9.88 Å². The molecule has 0 saturated carbocycles. The molecule has 2 N–H and O–H groups in total. The number of nitrogens with zero attached hydrogens (tertiary/aromatic N) is 2. The summed E-state index contributed by atoms with van der Waals surface area (Å²) < 4.78 is 1.90. The molecule has 3 aromatic rings. The fraction of sp³-hybridized carbons (Fsp3) is 0.0833. The third kappa shape index (κ3) is 3.83. The number of aryl methyl sites for hydroxylation is 2. The largest absolute Gasteiger partial charge is 0.478 e. The zero-order chi connectivity index (χ0) is 23.0. The first-order valence-corrected chi connectivity index (χ1v) is 10.2. The van der Waals surface area contributed by atoms with Gasteiger partial charge in [0.2, 0.25) is 0 Å². The van der Waals surface area contributed by atoms with Crippen molar-refractivity contribution >= 4 is 46.9 Å². The molecule has 7 nitrogen and oxygen atoms in total. The van der Waals surface area contributed by atoms with Crippen LogP contribution >= 0.6 is 12.2 Å². The van der Waals surface area contributed by atoms with Crippen LogP contribution in [0.15, 0.2) is 66.4 Å². The molecule has 2 heterocycles. The van der Waals surface area contributed by atoms with Gasteiger partial charge in [0.1, 0.15) is 5.57 Å².